The summed E-state index contributed by atoms with van der Waals surface area (Å²) in [5, 5.41) is 21.4. The summed E-state index contributed by atoms with van der Waals surface area (Å²) in [5.41, 5.74) is 2.79. The van der Waals surface area contributed by atoms with E-state index in [2.05, 4.69) is 15.5 Å². The van der Waals surface area contributed by atoms with Crippen molar-refractivity contribution in [1.29, 1.82) is 5.26 Å². The van der Waals surface area contributed by atoms with E-state index in [0.29, 0.717) is 47.1 Å². The van der Waals surface area contributed by atoms with E-state index in [4.69, 9.17) is 14.2 Å². The molecule has 35 heavy (non-hydrogen) atoms. The maximum absolute atomic E-state index is 12.7. The zero-order valence-corrected chi connectivity index (χ0v) is 20.3. The predicted octanol–water partition coefficient (Wildman–Crippen LogP) is 3.82. The van der Waals surface area contributed by atoms with E-state index in [1.165, 1.54) is 23.0 Å². The number of methoxy groups -OCH3 is 1. The Balaban J connectivity index is 1.42. The van der Waals surface area contributed by atoms with E-state index in [9.17, 15) is 10.1 Å². The molecule has 1 amide bonds. The Labute approximate surface area is 207 Å². The van der Waals surface area contributed by atoms with Crippen molar-refractivity contribution >= 4 is 33.6 Å². The summed E-state index contributed by atoms with van der Waals surface area (Å²) in [6.07, 6.45) is 1.49. The first kappa shape index (κ1) is 24.2. The minimum absolute atomic E-state index is 0.0662. The quantitative estimate of drug-likeness (QED) is 0.374. The molecule has 1 aliphatic heterocycles. The largest absolute Gasteiger partial charge is 0.493 e. The Morgan fingerprint density at radius 3 is 2.69 bits per heavy atom. The van der Waals surface area contributed by atoms with Crippen LogP contribution in [0.2, 0.25) is 0 Å². The average molecular weight is 492 g/mol. The predicted molar refractivity (Wildman–Crippen MR) is 134 cm³/mol. The number of carbonyl (C=O) groups is 1. The maximum atomic E-state index is 12.7. The van der Waals surface area contributed by atoms with Gasteiger partial charge in [0.2, 0.25) is 10.3 Å². The molecule has 1 N–H and O–H groups in total. The van der Waals surface area contributed by atoms with Crippen LogP contribution < -0.4 is 19.7 Å². The van der Waals surface area contributed by atoms with Crippen LogP contribution in [-0.2, 0) is 16.1 Å². The van der Waals surface area contributed by atoms with E-state index in [0.717, 1.165) is 18.7 Å². The molecule has 0 aliphatic carbocycles. The summed E-state index contributed by atoms with van der Waals surface area (Å²) in [4.78, 5) is 14.7. The van der Waals surface area contributed by atoms with Gasteiger partial charge in [-0.05, 0) is 36.3 Å². The monoisotopic (exact) mass is 491 g/mol. The Morgan fingerprint density at radius 1 is 1.20 bits per heavy atom. The van der Waals surface area contributed by atoms with Gasteiger partial charge in [-0.1, -0.05) is 47.2 Å². The molecule has 0 spiro atoms. The molecule has 1 aliphatic rings. The Kier molecular flexibility index (Phi) is 7.92. The van der Waals surface area contributed by atoms with Crippen LogP contribution in [0.25, 0.3) is 6.08 Å². The van der Waals surface area contributed by atoms with Gasteiger partial charge in [0.25, 0.3) is 5.91 Å². The molecule has 10 heteroatoms. The number of benzene rings is 2. The van der Waals surface area contributed by atoms with Gasteiger partial charge in [0.15, 0.2) is 11.5 Å². The van der Waals surface area contributed by atoms with E-state index in [1.54, 1.807) is 25.3 Å². The Morgan fingerprint density at radius 2 is 1.97 bits per heavy atom. The zero-order valence-electron chi connectivity index (χ0n) is 19.5. The minimum Gasteiger partial charge on any atom is -0.493 e. The van der Waals surface area contributed by atoms with Crippen molar-refractivity contribution in [1.82, 2.24) is 10.2 Å². The number of amides is 1. The Hall–Kier alpha value is -3.94. The molecule has 9 nitrogen and oxygen atoms in total. The molecule has 1 aromatic heterocycles. The maximum Gasteiger partial charge on any atom is 0.268 e. The number of hydrogen-bond acceptors (Lipinski definition) is 9. The number of morpholine rings is 1. The lowest BCUT2D eigenvalue weighted by Crippen LogP contribution is -2.36. The number of rotatable bonds is 8. The third kappa shape index (κ3) is 6.35. The molecule has 0 bridgehead atoms. The fourth-order valence-electron chi connectivity index (χ4n) is 3.37. The van der Waals surface area contributed by atoms with Crippen molar-refractivity contribution in [3.05, 3.63) is 64.7 Å². The number of ether oxygens (including phenoxy) is 3. The van der Waals surface area contributed by atoms with Crippen LogP contribution in [0.5, 0.6) is 11.5 Å². The highest BCUT2D eigenvalue weighted by Gasteiger charge is 2.18. The summed E-state index contributed by atoms with van der Waals surface area (Å²) in [6, 6.07) is 15.3. The first-order chi connectivity index (χ1) is 17.1. The van der Waals surface area contributed by atoms with Gasteiger partial charge in [-0.15, -0.1) is 10.2 Å². The number of aryl methyl sites for hydroxylation is 1. The number of nitrogens with zero attached hydrogens (tertiary/aromatic N) is 4. The second-order valence-electron chi connectivity index (χ2n) is 7.80. The van der Waals surface area contributed by atoms with Crippen LogP contribution in [0.3, 0.4) is 0 Å². The topological polar surface area (TPSA) is 110 Å². The van der Waals surface area contributed by atoms with Gasteiger partial charge < -0.3 is 19.1 Å². The third-order valence-electron chi connectivity index (χ3n) is 5.30. The molecule has 2 aromatic carbocycles. The lowest BCUT2D eigenvalue weighted by molar-refractivity contribution is -0.112. The molecule has 0 unspecified atom stereocenters. The first-order valence-electron chi connectivity index (χ1n) is 11.0. The number of anilines is 2. The van der Waals surface area contributed by atoms with E-state index in [1.807, 2.05) is 42.2 Å². The van der Waals surface area contributed by atoms with Crippen LogP contribution >= 0.6 is 11.3 Å². The molecule has 180 valence electrons. The summed E-state index contributed by atoms with van der Waals surface area (Å²) in [7, 11) is 1.54. The van der Waals surface area contributed by atoms with Gasteiger partial charge in [0.1, 0.15) is 18.2 Å². The summed E-state index contributed by atoms with van der Waals surface area (Å²) in [5.74, 6) is 0.511. The van der Waals surface area contributed by atoms with Crippen molar-refractivity contribution in [2.24, 2.45) is 0 Å². The van der Waals surface area contributed by atoms with Gasteiger partial charge in [0, 0.05) is 13.1 Å². The number of nitriles is 1. The van der Waals surface area contributed by atoms with Gasteiger partial charge >= 0.3 is 0 Å². The summed E-state index contributed by atoms with van der Waals surface area (Å²) < 4.78 is 16.7. The number of aromatic nitrogens is 2. The molecule has 0 atom stereocenters. The third-order valence-corrected chi connectivity index (χ3v) is 6.19. The SMILES string of the molecule is COc1cc(/C=C(/C#N)C(=O)Nc2nnc(N3CCOCC3)s2)ccc1OCc1ccc(C)cc1. The Bertz CT molecular complexity index is 1240. The number of hydrogen-bond donors (Lipinski definition) is 1. The fourth-order valence-corrected chi connectivity index (χ4v) is 4.16. The highest BCUT2D eigenvalue weighted by Crippen LogP contribution is 2.30. The second kappa shape index (κ2) is 11.5. The molecule has 1 saturated heterocycles. The van der Waals surface area contributed by atoms with Crippen LogP contribution in [0.15, 0.2) is 48.0 Å². The van der Waals surface area contributed by atoms with Crippen molar-refractivity contribution in [2.75, 3.05) is 43.6 Å². The number of carbonyl (C=O) groups excluding carboxylic acids is 1. The molecule has 3 aromatic rings. The van der Waals surface area contributed by atoms with E-state index in [-0.39, 0.29) is 5.57 Å². The number of nitrogens with one attached hydrogen (secondary N) is 1. The molecule has 0 saturated carbocycles. The van der Waals surface area contributed by atoms with Crippen molar-refractivity contribution < 1.29 is 19.0 Å². The molecule has 4 rings (SSSR count). The molecule has 2 heterocycles. The van der Waals surface area contributed by atoms with Gasteiger partial charge in [-0.25, -0.2) is 0 Å². The van der Waals surface area contributed by atoms with Crippen LogP contribution in [0, 0.1) is 18.3 Å². The highest BCUT2D eigenvalue weighted by molar-refractivity contribution is 7.19. The smallest absolute Gasteiger partial charge is 0.268 e. The highest BCUT2D eigenvalue weighted by atomic mass is 32.1. The van der Waals surface area contributed by atoms with Crippen molar-refractivity contribution in [3.63, 3.8) is 0 Å². The fraction of sp³-hybridized carbons (Fsp3) is 0.280. The lowest BCUT2D eigenvalue weighted by Gasteiger charge is -2.25. The summed E-state index contributed by atoms with van der Waals surface area (Å²) >= 11 is 1.26. The molecular formula is C25H25N5O4S. The van der Waals surface area contributed by atoms with E-state index < -0.39 is 5.91 Å². The summed E-state index contributed by atoms with van der Waals surface area (Å²) in [6.45, 7) is 5.12. The standard InChI is InChI=1S/C25H25N5O4S/c1-17-3-5-18(6-4-17)16-34-21-8-7-19(14-22(21)32-2)13-20(15-26)23(31)27-24-28-29-25(35-24)30-9-11-33-12-10-30/h3-8,13-14H,9-12,16H2,1-2H3,(H,27,28,31)/b20-13-. The van der Waals surface area contributed by atoms with Crippen LogP contribution in [0.1, 0.15) is 16.7 Å². The van der Waals surface area contributed by atoms with Gasteiger partial charge in [-0.3, -0.25) is 10.1 Å². The second-order valence-corrected chi connectivity index (χ2v) is 8.75. The van der Waals surface area contributed by atoms with Crippen LogP contribution in [0.4, 0.5) is 10.3 Å². The van der Waals surface area contributed by atoms with Crippen molar-refractivity contribution in [2.45, 2.75) is 13.5 Å². The average Bonchev–Trinajstić information content (AvgIpc) is 3.36. The zero-order chi connectivity index (χ0) is 24.6. The van der Waals surface area contributed by atoms with Crippen LogP contribution in [-0.4, -0.2) is 49.5 Å². The lowest BCUT2D eigenvalue weighted by atomic mass is 10.1. The van der Waals surface area contributed by atoms with Crippen molar-refractivity contribution in [3.8, 4) is 17.6 Å². The van der Waals surface area contributed by atoms with Gasteiger partial charge in [0.05, 0.1) is 20.3 Å². The minimum atomic E-state index is -0.559. The molecule has 0 radical (unpaired) electrons. The van der Waals surface area contributed by atoms with Gasteiger partial charge in [-0.2, -0.15) is 5.26 Å². The molecular weight excluding hydrogens is 466 g/mol. The normalized spacial score (nSPS) is 13.7. The molecule has 1 fully saturated rings. The van der Waals surface area contributed by atoms with E-state index >= 15 is 0 Å². The first-order valence-corrected chi connectivity index (χ1v) is 11.8.